The molecule has 0 N–H and O–H groups in total. The summed E-state index contributed by atoms with van der Waals surface area (Å²) in [6.07, 6.45) is 0. The van der Waals surface area contributed by atoms with Crippen molar-refractivity contribution in [2.75, 3.05) is 0 Å². The van der Waals surface area contributed by atoms with Crippen LogP contribution in [0.15, 0.2) is 211 Å². The van der Waals surface area contributed by atoms with Crippen LogP contribution >= 0.6 is 0 Å². The van der Waals surface area contributed by atoms with Crippen LogP contribution in [0, 0.1) is 0 Å². The van der Waals surface area contributed by atoms with Crippen molar-refractivity contribution in [2.24, 2.45) is 0 Å². The zero-order chi connectivity index (χ0) is 49.2. The van der Waals surface area contributed by atoms with Gasteiger partial charge in [0.2, 0.25) is 0 Å². The minimum absolute atomic E-state index is 0.111. The molecule has 0 saturated heterocycles. The Hall–Kier alpha value is -9.19. The van der Waals surface area contributed by atoms with Crippen LogP contribution in [0.25, 0.3) is 139 Å². The third kappa shape index (κ3) is 5.56. The molecule has 5 heteroatoms. The van der Waals surface area contributed by atoms with Crippen molar-refractivity contribution < 1.29 is 4.42 Å². The molecule has 0 amide bonds. The first-order valence-corrected chi connectivity index (χ1v) is 25.7. The van der Waals surface area contributed by atoms with Gasteiger partial charge >= 0.3 is 0 Å². The van der Waals surface area contributed by atoms with Crippen LogP contribution in [-0.2, 0) is 10.8 Å². The Kier molecular flexibility index (Phi) is 8.24. The fourth-order valence-electron chi connectivity index (χ4n) is 13.3. The molecule has 3 aliphatic rings. The molecule has 74 heavy (non-hydrogen) atoms. The topological polar surface area (TPSA) is 56.7 Å². The smallest absolute Gasteiger partial charge is 0.164 e. The number of hydrogen-bond acceptors (Lipinski definition) is 4. The molecule has 16 rings (SSSR count). The molecule has 0 radical (unpaired) electrons. The van der Waals surface area contributed by atoms with E-state index < -0.39 is 0 Å². The maximum absolute atomic E-state index is 6.37. The van der Waals surface area contributed by atoms with E-state index in [2.05, 4.69) is 214 Å². The highest BCUT2D eigenvalue weighted by molar-refractivity contribution is 6.19. The van der Waals surface area contributed by atoms with E-state index in [4.69, 9.17) is 19.4 Å². The maximum Gasteiger partial charge on any atom is 0.164 e. The van der Waals surface area contributed by atoms with Gasteiger partial charge in [-0.25, -0.2) is 15.0 Å². The van der Waals surface area contributed by atoms with Crippen LogP contribution in [0.2, 0.25) is 0 Å². The molecule has 0 fully saturated rings. The lowest BCUT2D eigenvalue weighted by molar-refractivity contribution is 0.660. The molecule has 13 aromatic rings. The van der Waals surface area contributed by atoms with E-state index in [-0.39, 0.29) is 10.8 Å². The summed E-state index contributed by atoms with van der Waals surface area (Å²) in [4.78, 5) is 15.9. The quantitative estimate of drug-likeness (QED) is 0.172. The lowest BCUT2D eigenvalue weighted by atomic mass is 9.81. The first kappa shape index (κ1) is 41.4. The third-order valence-corrected chi connectivity index (χ3v) is 16.8. The van der Waals surface area contributed by atoms with E-state index in [1.54, 1.807) is 0 Å². The summed E-state index contributed by atoms with van der Waals surface area (Å²) in [7, 11) is 0. The standard InChI is InChI=1S/C69H46N4O/c1-68(2)52-23-8-5-17-45(52)51-38-43(33-35-53(51)68)66-70-65(71-67(72-66)50-22-14-28-59-61(50)48-19-7-10-27-58(48)74-59)40-31-29-39(30-32-40)41-15-11-16-42(37-41)44-20-13-26-57-60(44)49-21-12-24-54-62(49)63-55(69(54,3)4)36-34-47-46-18-6-9-25-56(46)73(57)64(47)63/h5-38H,1-4H3. The van der Waals surface area contributed by atoms with E-state index in [1.165, 1.54) is 94.3 Å². The molecule has 10 aromatic carbocycles. The highest BCUT2D eigenvalue weighted by Crippen LogP contribution is 2.59. The van der Waals surface area contributed by atoms with Gasteiger partial charge in [-0.15, -0.1) is 0 Å². The second-order valence-electron chi connectivity index (χ2n) is 21.5. The van der Waals surface area contributed by atoms with Crippen molar-refractivity contribution in [3.8, 4) is 95.5 Å². The molecule has 4 heterocycles. The highest BCUT2D eigenvalue weighted by Gasteiger charge is 2.41. The second-order valence-corrected chi connectivity index (χ2v) is 21.5. The van der Waals surface area contributed by atoms with Crippen LogP contribution in [0.5, 0.6) is 0 Å². The van der Waals surface area contributed by atoms with Gasteiger partial charge in [-0.3, -0.25) is 0 Å². The molecule has 348 valence electrons. The van der Waals surface area contributed by atoms with Crippen molar-refractivity contribution in [2.45, 2.75) is 38.5 Å². The van der Waals surface area contributed by atoms with Gasteiger partial charge in [0.05, 0.1) is 16.7 Å². The summed E-state index contributed by atoms with van der Waals surface area (Å²) in [6.45, 7) is 9.40. The molecule has 0 spiro atoms. The van der Waals surface area contributed by atoms with Gasteiger partial charge < -0.3 is 8.98 Å². The molecule has 0 saturated carbocycles. The molecule has 2 aliphatic carbocycles. The Morgan fingerprint density at radius 1 is 0.351 bits per heavy atom. The second kappa shape index (κ2) is 14.7. The minimum Gasteiger partial charge on any atom is -0.456 e. The normalized spacial score (nSPS) is 14.2. The number of aromatic nitrogens is 4. The van der Waals surface area contributed by atoms with Crippen LogP contribution in [0.3, 0.4) is 0 Å². The van der Waals surface area contributed by atoms with Crippen molar-refractivity contribution >= 4 is 43.7 Å². The predicted octanol–water partition coefficient (Wildman–Crippen LogP) is 17.8. The number of nitrogens with zero attached hydrogens (tertiary/aromatic N) is 4. The molecule has 3 aromatic heterocycles. The van der Waals surface area contributed by atoms with Crippen LogP contribution in [-0.4, -0.2) is 19.5 Å². The van der Waals surface area contributed by atoms with Gasteiger partial charge in [0.15, 0.2) is 17.5 Å². The molecular formula is C69H46N4O. The lowest BCUT2D eigenvalue weighted by Crippen LogP contribution is -2.15. The van der Waals surface area contributed by atoms with Gasteiger partial charge in [0.1, 0.15) is 11.2 Å². The molecule has 0 unspecified atom stereocenters. The highest BCUT2D eigenvalue weighted by atomic mass is 16.3. The van der Waals surface area contributed by atoms with Gasteiger partial charge in [-0.05, 0) is 103 Å². The van der Waals surface area contributed by atoms with Crippen molar-refractivity contribution in [1.29, 1.82) is 0 Å². The van der Waals surface area contributed by atoms with Gasteiger partial charge in [-0.1, -0.05) is 198 Å². The average molecular weight is 947 g/mol. The van der Waals surface area contributed by atoms with E-state index in [1.807, 2.05) is 24.3 Å². The first-order valence-electron chi connectivity index (χ1n) is 25.7. The number of benzene rings is 10. The Bertz CT molecular complexity index is 4600. The Labute approximate surface area is 428 Å². The number of hydrogen-bond donors (Lipinski definition) is 0. The first-order chi connectivity index (χ1) is 36.2. The SMILES string of the molecule is CC1(C)c2ccccc2-c2cc(-c3nc(-c4ccc(-c5cccc(-c6cccc7c6-c6cccc8c6-c6c(ccc9c%10ccccc%10n-7c69)C8(C)C)c5)cc4)nc(-c4cccc5oc6ccccc6c45)n3)ccc21. The fourth-order valence-corrected chi connectivity index (χ4v) is 13.3. The van der Waals surface area contributed by atoms with Crippen molar-refractivity contribution in [3.05, 3.63) is 229 Å². The van der Waals surface area contributed by atoms with Crippen LogP contribution in [0.4, 0.5) is 0 Å². The Morgan fingerprint density at radius 3 is 1.84 bits per heavy atom. The van der Waals surface area contributed by atoms with Crippen molar-refractivity contribution in [1.82, 2.24) is 19.5 Å². The van der Waals surface area contributed by atoms with Crippen LogP contribution in [0.1, 0.15) is 49.9 Å². The molecule has 0 bridgehead atoms. The number of fused-ring (bicyclic) bond motifs is 12. The maximum atomic E-state index is 6.37. The van der Waals surface area contributed by atoms with E-state index in [0.717, 1.165) is 49.8 Å². The number of furan rings is 1. The largest absolute Gasteiger partial charge is 0.456 e. The third-order valence-electron chi connectivity index (χ3n) is 16.8. The summed E-state index contributed by atoms with van der Waals surface area (Å²) in [6, 6.07) is 75.0. The van der Waals surface area contributed by atoms with E-state index in [0.29, 0.717) is 17.5 Å². The van der Waals surface area contributed by atoms with Gasteiger partial charge in [0, 0.05) is 60.2 Å². The van der Waals surface area contributed by atoms with Gasteiger partial charge in [-0.2, -0.15) is 0 Å². The lowest BCUT2D eigenvalue weighted by Gasteiger charge is -2.23. The zero-order valence-corrected chi connectivity index (χ0v) is 41.3. The Balaban J connectivity index is 0.834. The zero-order valence-electron chi connectivity index (χ0n) is 41.3. The summed E-state index contributed by atoms with van der Waals surface area (Å²) < 4.78 is 8.92. The number of rotatable bonds is 5. The molecular weight excluding hydrogens is 901 g/mol. The average Bonchev–Trinajstić information content (AvgIpc) is 4.11. The summed E-state index contributed by atoms with van der Waals surface area (Å²) in [5, 5.41) is 4.60. The molecule has 0 atom stereocenters. The van der Waals surface area contributed by atoms with E-state index in [9.17, 15) is 0 Å². The minimum atomic E-state index is -0.131. The summed E-state index contributed by atoms with van der Waals surface area (Å²) in [5.74, 6) is 1.83. The van der Waals surface area contributed by atoms with E-state index >= 15 is 0 Å². The monoisotopic (exact) mass is 946 g/mol. The van der Waals surface area contributed by atoms with Gasteiger partial charge in [0.25, 0.3) is 0 Å². The van der Waals surface area contributed by atoms with Crippen LogP contribution < -0.4 is 0 Å². The Morgan fingerprint density at radius 2 is 0.946 bits per heavy atom. The molecule has 1 aliphatic heterocycles. The van der Waals surface area contributed by atoms with Crippen molar-refractivity contribution in [3.63, 3.8) is 0 Å². The summed E-state index contributed by atoms with van der Waals surface area (Å²) in [5.41, 5.74) is 25.7. The predicted molar refractivity (Wildman–Crippen MR) is 303 cm³/mol. The summed E-state index contributed by atoms with van der Waals surface area (Å²) >= 11 is 0. The molecule has 5 nitrogen and oxygen atoms in total. The fraction of sp³-hybridized carbons (Fsp3) is 0.0870. The number of para-hydroxylation sites is 2.